The summed E-state index contributed by atoms with van der Waals surface area (Å²) in [5, 5.41) is 23.6. The predicted molar refractivity (Wildman–Crippen MR) is 69.3 cm³/mol. The minimum Gasteiger partial charge on any atom is -0.386 e. The first-order chi connectivity index (χ1) is 8.52. The van der Waals surface area contributed by atoms with Crippen LogP contribution in [-0.4, -0.2) is 42.1 Å². The van der Waals surface area contributed by atoms with Crippen molar-refractivity contribution >= 4 is 0 Å². The molecule has 0 radical (unpaired) electrons. The molecule has 0 saturated carbocycles. The molecule has 1 aliphatic heterocycles. The van der Waals surface area contributed by atoms with Gasteiger partial charge in [0.25, 0.3) is 0 Å². The van der Waals surface area contributed by atoms with Crippen LogP contribution in [0.5, 0.6) is 0 Å². The van der Waals surface area contributed by atoms with Crippen molar-refractivity contribution in [1.29, 1.82) is 0 Å². The normalized spacial score (nSPS) is 27.1. The van der Waals surface area contributed by atoms with Gasteiger partial charge in [-0.05, 0) is 12.5 Å². The number of rotatable bonds is 5. The van der Waals surface area contributed by atoms with E-state index in [0.717, 1.165) is 5.56 Å². The summed E-state index contributed by atoms with van der Waals surface area (Å²) >= 11 is 0. The summed E-state index contributed by atoms with van der Waals surface area (Å²) in [5.41, 5.74) is -0.851. The van der Waals surface area contributed by atoms with Crippen LogP contribution in [-0.2, 0) is 10.3 Å². The summed E-state index contributed by atoms with van der Waals surface area (Å²) < 4.78 is 5.17. The topological polar surface area (TPSA) is 61.7 Å². The van der Waals surface area contributed by atoms with E-state index in [1.165, 1.54) is 0 Å². The maximum atomic E-state index is 10.4. The van der Waals surface area contributed by atoms with Crippen molar-refractivity contribution in [3.05, 3.63) is 35.9 Å². The fourth-order valence-corrected chi connectivity index (χ4v) is 2.17. The Hall–Kier alpha value is -0.940. The third-order valence-corrected chi connectivity index (χ3v) is 3.40. The van der Waals surface area contributed by atoms with E-state index in [0.29, 0.717) is 32.7 Å². The second-order valence-corrected chi connectivity index (χ2v) is 5.27. The Morgan fingerprint density at radius 2 is 2.11 bits per heavy atom. The average molecular weight is 251 g/mol. The van der Waals surface area contributed by atoms with Gasteiger partial charge >= 0.3 is 0 Å². The largest absolute Gasteiger partial charge is 0.386 e. The molecule has 2 unspecified atom stereocenters. The molecule has 0 spiro atoms. The Morgan fingerprint density at radius 3 is 2.72 bits per heavy atom. The molecule has 4 nitrogen and oxygen atoms in total. The number of nitrogens with one attached hydrogen (secondary N) is 1. The van der Waals surface area contributed by atoms with E-state index < -0.39 is 11.2 Å². The van der Waals surface area contributed by atoms with Crippen molar-refractivity contribution in [2.45, 2.75) is 24.5 Å². The fourth-order valence-electron chi connectivity index (χ4n) is 2.17. The number of hydrogen-bond acceptors (Lipinski definition) is 4. The summed E-state index contributed by atoms with van der Waals surface area (Å²) in [6.45, 7) is 3.58. The van der Waals surface area contributed by atoms with Crippen molar-refractivity contribution < 1.29 is 14.9 Å². The molecule has 1 aromatic rings. The third kappa shape index (κ3) is 3.29. The Kier molecular flexibility index (Phi) is 4.02. The zero-order valence-corrected chi connectivity index (χ0v) is 10.7. The SMILES string of the molecule is CC(O)(CNCC1(O)CCOC1)c1ccccc1. The molecule has 1 aliphatic rings. The van der Waals surface area contributed by atoms with Gasteiger partial charge in [-0.15, -0.1) is 0 Å². The molecule has 1 fully saturated rings. The van der Waals surface area contributed by atoms with Crippen molar-refractivity contribution in [2.75, 3.05) is 26.3 Å². The Labute approximate surface area is 108 Å². The van der Waals surface area contributed by atoms with Crippen LogP contribution >= 0.6 is 0 Å². The molecule has 100 valence electrons. The Bertz CT molecular complexity index is 372. The van der Waals surface area contributed by atoms with Gasteiger partial charge < -0.3 is 20.3 Å². The van der Waals surface area contributed by atoms with Crippen molar-refractivity contribution in [3.63, 3.8) is 0 Å². The van der Waals surface area contributed by atoms with Crippen LogP contribution in [0.15, 0.2) is 30.3 Å². The molecular weight excluding hydrogens is 230 g/mol. The second kappa shape index (κ2) is 5.36. The van der Waals surface area contributed by atoms with Gasteiger partial charge in [-0.1, -0.05) is 30.3 Å². The quantitative estimate of drug-likeness (QED) is 0.718. The molecule has 0 aliphatic carbocycles. The first kappa shape index (κ1) is 13.5. The van der Waals surface area contributed by atoms with E-state index in [1.807, 2.05) is 30.3 Å². The van der Waals surface area contributed by atoms with Crippen LogP contribution in [0.25, 0.3) is 0 Å². The summed E-state index contributed by atoms with van der Waals surface area (Å²) in [6.07, 6.45) is 0.646. The molecular formula is C14H21NO3. The second-order valence-electron chi connectivity index (χ2n) is 5.27. The van der Waals surface area contributed by atoms with Crippen LogP contribution in [0, 0.1) is 0 Å². The lowest BCUT2D eigenvalue weighted by Crippen LogP contribution is -2.45. The molecule has 4 heteroatoms. The van der Waals surface area contributed by atoms with Crippen LogP contribution in [0.1, 0.15) is 18.9 Å². The van der Waals surface area contributed by atoms with Gasteiger partial charge in [-0.3, -0.25) is 0 Å². The fraction of sp³-hybridized carbons (Fsp3) is 0.571. The molecule has 18 heavy (non-hydrogen) atoms. The molecule has 0 aromatic heterocycles. The number of hydrogen-bond donors (Lipinski definition) is 3. The minimum atomic E-state index is -0.933. The lowest BCUT2D eigenvalue weighted by atomic mass is 9.95. The van der Waals surface area contributed by atoms with Gasteiger partial charge in [0.1, 0.15) is 5.60 Å². The van der Waals surface area contributed by atoms with Crippen molar-refractivity contribution in [1.82, 2.24) is 5.32 Å². The first-order valence-electron chi connectivity index (χ1n) is 6.31. The van der Waals surface area contributed by atoms with Crippen molar-refractivity contribution in [3.8, 4) is 0 Å². The standard InChI is InChI=1S/C14H21NO3/c1-13(16,12-5-3-2-4-6-12)9-15-10-14(17)7-8-18-11-14/h2-6,15-17H,7-11H2,1H3. The van der Waals surface area contributed by atoms with Crippen LogP contribution in [0.3, 0.4) is 0 Å². The molecule has 0 bridgehead atoms. The van der Waals surface area contributed by atoms with E-state index in [9.17, 15) is 10.2 Å². The predicted octanol–water partition coefficient (Wildman–Crippen LogP) is 0.635. The highest BCUT2D eigenvalue weighted by Gasteiger charge is 2.32. The number of benzene rings is 1. The first-order valence-corrected chi connectivity index (χ1v) is 6.31. The lowest BCUT2D eigenvalue weighted by molar-refractivity contribution is 0.0137. The molecule has 1 aromatic carbocycles. The maximum Gasteiger partial charge on any atom is 0.102 e. The molecule has 1 heterocycles. The summed E-state index contributed by atoms with van der Waals surface area (Å²) in [6, 6.07) is 9.53. The van der Waals surface area contributed by atoms with E-state index in [2.05, 4.69) is 5.32 Å². The highest BCUT2D eigenvalue weighted by Crippen LogP contribution is 2.20. The number of aliphatic hydroxyl groups is 2. The third-order valence-electron chi connectivity index (χ3n) is 3.40. The summed E-state index contributed by atoms with van der Waals surface area (Å²) in [4.78, 5) is 0. The van der Waals surface area contributed by atoms with E-state index in [-0.39, 0.29) is 0 Å². The Balaban J connectivity index is 1.86. The van der Waals surface area contributed by atoms with Crippen LogP contribution in [0.4, 0.5) is 0 Å². The highest BCUT2D eigenvalue weighted by molar-refractivity contribution is 5.21. The van der Waals surface area contributed by atoms with Gasteiger partial charge in [-0.25, -0.2) is 0 Å². The van der Waals surface area contributed by atoms with Gasteiger partial charge in [0, 0.05) is 26.1 Å². The molecule has 2 rings (SSSR count). The zero-order chi connectivity index (χ0) is 13.1. The monoisotopic (exact) mass is 251 g/mol. The van der Waals surface area contributed by atoms with E-state index in [1.54, 1.807) is 6.92 Å². The highest BCUT2D eigenvalue weighted by atomic mass is 16.5. The molecule has 0 amide bonds. The zero-order valence-electron chi connectivity index (χ0n) is 10.7. The molecule has 2 atom stereocenters. The van der Waals surface area contributed by atoms with E-state index in [4.69, 9.17) is 4.74 Å². The average Bonchev–Trinajstić information content (AvgIpc) is 2.77. The van der Waals surface area contributed by atoms with Crippen molar-refractivity contribution in [2.24, 2.45) is 0 Å². The van der Waals surface area contributed by atoms with Gasteiger partial charge in [0.2, 0.25) is 0 Å². The smallest absolute Gasteiger partial charge is 0.102 e. The minimum absolute atomic E-state index is 0.369. The molecule has 1 saturated heterocycles. The van der Waals surface area contributed by atoms with Crippen LogP contribution in [0.2, 0.25) is 0 Å². The lowest BCUT2D eigenvalue weighted by Gasteiger charge is -2.27. The summed E-state index contributed by atoms with van der Waals surface area (Å²) in [5.74, 6) is 0. The van der Waals surface area contributed by atoms with Gasteiger partial charge in [0.05, 0.1) is 12.2 Å². The Morgan fingerprint density at radius 1 is 1.39 bits per heavy atom. The molecule has 3 N–H and O–H groups in total. The van der Waals surface area contributed by atoms with Crippen LogP contribution < -0.4 is 5.32 Å². The van der Waals surface area contributed by atoms with Gasteiger partial charge in [0.15, 0.2) is 0 Å². The number of ether oxygens (including phenoxy) is 1. The summed E-state index contributed by atoms with van der Waals surface area (Å²) in [7, 11) is 0. The maximum absolute atomic E-state index is 10.4. The van der Waals surface area contributed by atoms with Gasteiger partial charge in [-0.2, -0.15) is 0 Å². The van der Waals surface area contributed by atoms with E-state index >= 15 is 0 Å².